The summed E-state index contributed by atoms with van der Waals surface area (Å²) in [5.74, 6) is 1.60. The Labute approximate surface area is 121 Å². The van der Waals surface area contributed by atoms with Gasteiger partial charge in [0, 0.05) is 6.54 Å². The standard InChI is InChI=1S/C16H25N3O/c1-4-11-19-15(17)18-12-16(19,2)10-9-13-5-7-14(20-3)8-6-13/h5-8H,4,9-12H2,1-3H3,(H2,17,18). The van der Waals surface area contributed by atoms with Gasteiger partial charge in [0.15, 0.2) is 5.96 Å². The molecule has 2 rings (SSSR count). The molecule has 0 spiro atoms. The molecule has 0 bridgehead atoms. The van der Waals surface area contributed by atoms with Crippen molar-refractivity contribution >= 4 is 5.96 Å². The Kier molecular flexibility index (Phi) is 4.53. The van der Waals surface area contributed by atoms with Crippen molar-refractivity contribution in [3.63, 3.8) is 0 Å². The van der Waals surface area contributed by atoms with E-state index in [1.54, 1.807) is 7.11 Å². The van der Waals surface area contributed by atoms with E-state index >= 15 is 0 Å². The topological polar surface area (TPSA) is 50.8 Å². The molecule has 4 heteroatoms. The maximum Gasteiger partial charge on any atom is 0.191 e. The van der Waals surface area contributed by atoms with E-state index in [4.69, 9.17) is 10.5 Å². The summed E-state index contributed by atoms with van der Waals surface area (Å²) < 4.78 is 5.19. The summed E-state index contributed by atoms with van der Waals surface area (Å²) in [5, 5.41) is 0. The first kappa shape index (κ1) is 14.7. The Morgan fingerprint density at radius 2 is 2.05 bits per heavy atom. The van der Waals surface area contributed by atoms with E-state index in [1.807, 2.05) is 12.1 Å². The zero-order valence-corrected chi connectivity index (χ0v) is 12.7. The van der Waals surface area contributed by atoms with Crippen LogP contribution in [0.25, 0.3) is 0 Å². The number of aliphatic imine (C=N–C) groups is 1. The number of aryl methyl sites for hydroxylation is 1. The molecule has 1 aliphatic rings. The lowest BCUT2D eigenvalue weighted by Gasteiger charge is -2.36. The first-order valence-electron chi connectivity index (χ1n) is 7.29. The van der Waals surface area contributed by atoms with Gasteiger partial charge in [-0.3, -0.25) is 4.99 Å². The second-order valence-electron chi connectivity index (χ2n) is 5.67. The van der Waals surface area contributed by atoms with E-state index in [1.165, 1.54) is 5.56 Å². The number of methoxy groups -OCH3 is 1. The SMILES string of the molecule is CCCN1C(N)=NCC1(C)CCc1ccc(OC)cc1. The summed E-state index contributed by atoms with van der Waals surface area (Å²) >= 11 is 0. The van der Waals surface area contributed by atoms with Gasteiger partial charge in [-0.25, -0.2) is 0 Å². The van der Waals surface area contributed by atoms with E-state index in [-0.39, 0.29) is 5.54 Å². The molecule has 1 aromatic rings. The molecule has 4 nitrogen and oxygen atoms in total. The van der Waals surface area contributed by atoms with E-state index in [9.17, 15) is 0 Å². The van der Waals surface area contributed by atoms with Gasteiger partial charge in [-0.05, 0) is 43.9 Å². The van der Waals surface area contributed by atoms with Gasteiger partial charge in [-0.2, -0.15) is 0 Å². The fourth-order valence-corrected chi connectivity index (χ4v) is 2.73. The molecule has 1 atom stereocenters. The minimum absolute atomic E-state index is 0.0556. The van der Waals surface area contributed by atoms with Crippen molar-refractivity contribution in [2.45, 2.75) is 38.6 Å². The second kappa shape index (κ2) is 6.16. The molecule has 0 radical (unpaired) electrons. The molecule has 1 aliphatic heterocycles. The molecule has 1 aromatic carbocycles. The smallest absolute Gasteiger partial charge is 0.191 e. The van der Waals surface area contributed by atoms with Crippen molar-refractivity contribution in [3.8, 4) is 5.75 Å². The van der Waals surface area contributed by atoms with Crippen molar-refractivity contribution in [3.05, 3.63) is 29.8 Å². The van der Waals surface area contributed by atoms with E-state index in [0.717, 1.165) is 38.1 Å². The number of benzene rings is 1. The molecule has 1 unspecified atom stereocenters. The maximum absolute atomic E-state index is 6.01. The van der Waals surface area contributed by atoms with Crippen LogP contribution in [0.4, 0.5) is 0 Å². The first-order valence-corrected chi connectivity index (χ1v) is 7.29. The Morgan fingerprint density at radius 3 is 2.65 bits per heavy atom. The summed E-state index contributed by atoms with van der Waals surface area (Å²) in [4.78, 5) is 6.69. The van der Waals surface area contributed by atoms with Crippen LogP contribution >= 0.6 is 0 Å². The Bertz CT molecular complexity index is 469. The number of nitrogens with zero attached hydrogens (tertiary/aromatic N) is 2. The molecule has 110 valence electrons. The lowest BCUT2D eigenvalue weighted by molar-refractivity contribution is 0.208. The average Bonchev–Trinajstić information content (AvgIpc) is 2.75. The van der Waals surface area contributed by atoms with Gasteiger partial charge in [0.25, 0.3) is 0 Å². The average molecular weight is 275 g/mol. The molecule has 1 heterocycles. The Balaban J connectivity index is 1.98. The summed E-state index contributed by atoms with van der Waals surface area (Å²) in [6.07, 6.45) is 3.18. The van der Waals surface area contributed by atoms with Crippen molar-refractivity contribution in [2.75, 3.05) is 20.2 Å². The molecule has 0 aliphatic carbocycles. The van der Waals surface area contributed by atoms with E-state index < -0.39 is 0 Å². The van der Waals surface area contributed by atoms with Crippen molar-refractivity contribution < 1.29 is 4.74 Å². The highest BCUT2D eigenvalue weighted by molar-refractivity contribution is 5.80. The van der Waals surface area contributed by atoms with Crippen LogP contribution in [0.5, 0.6) is 5.75 Å². The lowest BCUT2D eigenvalue weighted by Crippen LogP contribution is -2.50. The van der Waals surface area contributed by atoms with Gasteiger partial charge in [0.2, 0.25) is 0 Å². The molecule has 0 saturated heterocycles. The van der Waals surface area contributed by atoms with E-state index in [0.29, 0.717) is 5.96 Å². The van der Waals surface area contributed by atoms with Crippen molar-refractivity contribution in [1.29, 1.82) is 0 Å². The van der Waals surface area contributed by atoms with Gasteiger partial charge in [-0.1, -0.05) is 19.1 Å². The Hall–Kier alpha value is -1.71. The Morgan fingerprint density at radius 1 is 1.35 bits per heavy atom. The zero-order valence-electron chi connectivity index (χ0n) is 12.7. The predicted octanol–water partition coefficient (Wildman–Crippen LogP) is 2.43. The van der Waals surface area contributed by atoms with Crippen LogP contribution in [0, 0.1) is 0 Å². The monoisotopic (exact) mass is 275 g/mol. The third-order valence-electron chi connectivity index (χ3n) is 4.07. The number of hydrogen-bond acceptors (Lipinski definition) is 4. The van der Waals surface area contributed by atoms with Crippen LogP contribution in [0.2, 0.25) is 0 Å². The van der Waals surface area contributed by atoms with Gasteiger partial charge < -0.3 is 15.4 Å². The number of nitrogens with two attached hydrogens (primary N) is 1. The highest BCUT2D eigenvalue weighted by atomic mass is 16.5. The molecular formula is C16H25N3O. The molecule has 2 N–H and O–H groups in total. The van der Waals surface area contributed by atoms with E-state index in [2.05, 4.69) is 35.9 Å². The molecule has 0 fully saturated rings. The fourth-order valence-electron chi connectivity index (χ4n) is 2.73. The summed E-state index contributed by atoms with van der Waals surface area (Å²) in [6, 6.07) is 8.29. The summed E-state index contributed by atoms with van der Waals surface area (Å²) in [5.41, 5.74) is 7.39. The largest absolute Gasteiger partial charge is 0.497 e. The van der Waals surface area contributed by atoms with Crippen LogP contribution in [-0.4, -0.2) is 36.6 Å². The predicted molar refractivity (Wildman–Crippen MR) is 83.2 cm³/mol. The van der Waals surface area contributed by atoms with Crippen molar-refractivity contribution in [2.24, 2.45) is 10.7 Å². The summed E-state index contributed by atoms with van der Waals surface area (Å²) in [7, 11) is 1.69. The molecule has 0 aromatic heterocycles. The van der Waals surface area contributed by atoms with Gasteiger partial charge >= 0.3 is 0 Å². The highest BCUT2D eigenvalue weighted by Crippen LogP contribution is 2.27. The maximum atomic E-state index is 6.01. The molecule has 0 saturated carbocycles. The van der Waals surface area contributed by atoms with Crippen LogP contribution < -0.4 is 10.5 Å². The van der Waals surface area contributed by atoms with Crippen molar-refractivity contribution in [1.82, 2.24) is 4.90 Å². The van der Waals surface area contributed by atoms with Gasteiger partial charge in [-0.15, -0.1) is 0 Å². The highest BCUT2D eigenvalue weighted by Gasteiger charge is 2.36. The minimum atomic E-state index is 0.0556. The number of guanidine groups is 1. The number of rotatable bonds is 6. The number of ether oxygens (including phenoxy) is 1. The third-order valence-corrected chi connectivity index (χ3v) is 4.07. The van der Waals surface area contributed by atoms with Crippen LogP contribution in [-0.2, 0) is 6.42 Å². The van der Waals surface area contributed by atoms with Gasteiger partial charge in [0.05, 0.1) is 19.2 Å². The lowest BCUT2D eigenvalue weighted by atomic mass is 9.92. The van der Waals surface area contributed by atoms with Crippen LogP contribution in [0.3, 0.4) is 0 Å². The third kappa shape index (κ3) is 3.06. The molecule has 20 heavy (non-hydrogen) atoms. The summed E-state index contributed by atoms with van der Waals surface area (Å²) in [6.45, 7) is 6.22. The number of hydrogen-bond donors (Lipinski definition) is 1. The quantitative estimate of drug-likeness (QED) is 0.867. The normalized spacial score (nSPS) is 21.9. The van der Waals surface area contributed by atoms with Crippen LogP contribution in [0.15, 0.2) is 29.3 Å². The van der Waals surface area contributed by atoms with Crippen LogP contribution in [0.1, 0.15) is 32.3 Å². The second-order valence-corrected chi connectivity index (χ2v) is 5.67. The molecular weight excluding hydrogens is 250 g/mol. The van der Waals surface area contributed by atoms with Gasteiger partial charge in [0.1, 0.15) is 5.75 Å². The fraction of sp³-hybridized carbons (Fsp3) is 0.562. The molecule has 0 amide bonds. The zero-order chi connectivity index (χ0) is 14.6. The minimum Gasteiger partial charge on any atom is -0.497 e. The first-order chi connectivity index (χ1) is 9.59.